The number of ether oxygens (including phenoxy) is 1. The van der Waals surface area contributed by atoms with Gasteiger partial charge in [-0.25, -0.2) is 8.42 Å². The van der Waals surface area contributed by atoms with E-state index < -0.39 is 16.0 Å². The van der Waals surface area contributed by atoms with Crippen LogP contribution in [0.2, 0.25) is 0 Å². The average Bonchev–Trinajstić information content (AvgIpc) is 3.14. The van der Waals surface area contributed by atoms with Gasteiger partial charge in [0.1, 0.15) is 5.75 Å². The Morgan fingerprint density at radius 1 is 1.12 bits per heavy atom. The zero-order valence-electron chi connectivity index (χ0n) is 18.2. The van der Waals surface area contributed by atoms with Gasteiger partial charge in [0, 0.05) is 35.6 Å². The van der Waals surface area contributed by atoms with E-state index in [0.29, 0.717) is 24.0 Å². The highest BCUT2D eigenvalue weighted by atomic mass is 32.2. The maximum atomic E-state index is 13.6. The lowest BCUT2D eigenvalue weighted by Crippen LogP contribution is -2.58. The smallest absolute Gasteiger partial charge is 0.307 e. The molecular weight excluding hydrogens is 448 g/mol. The van der Waals surface area contributed by atoms with Crippen molar-refractivity contribution in [2.24, 2.45) is 0 Å². The van der Waals surface area contributed by atoms with Crippen LogP contribution in [-0.4, -0.2) is 56.1 Å². The Bertz CT molecular complexity index is 1230. The molecule has 7 nitrogen and oxygen atoms in total. The van der Waals surface area contributed by atoms with E-state index in [1.807, 2.05) is 38.1 Å². The molecule has 1 N–H and O–H groups in total. The largest absolute Gasteiger partial charge is 0.497 e. The molecule has 1 aliphatic heterocycles. The Hall–Kier alpha value is -2.62. The van der Waals surface area contributed by atoms with Gasteiger partial charge in [-0.2, -0.15) is 4.31 Å². The highest BCUT2D eigenvalue weighted by molar-refractivity contribution is 7.89. The van der Waals surface area contributed by atoms with Crippen molar-refractivity contribution in [3.63, 3.8) is 0 Å². The van der Waals surface area contributed by atoms with Crippen molar-refractivity contribution in [2.45, 2.75) is 37.2 Å². The summed E-state index contributed by atoms with van der Waals surface area (Å²) in [6, 6.07) is 12.3. The second-order valence-corrected chi connectivity index (χ2v) is 10.9. The van der Waals surface area contributed by atoms with Gasteiger partial charge in [-0.15, -0.1) is 11.3 Å². The summed E-state index contributed by atoms with van der Waals surface area (Å²) >= 11 is 1.43. The lowest BCUT2D eigenvalue weighted by Gasteiger charge is -2.44. The first-order chi connectivity index (χ1) is 15.2. The van der Waals surface area contributed by atoms with E-state index >= 15 is 0 Å². The summed E-state index contributed by atoms with van der Waals surface area (Å²) in [6.07, 6.45) is -0.128. The summed E-state index contributed by atoms with van der Waals surface area (Å²) in [5.41, 5.74) is 1.67. The van der Waals surface area contributed by atoms with Crippen LogP contribution in [0.3, 0.4) is 0 Å². The van der Waals surface area contributed by atoms with E-state index in [9.17, 15) is 13.2 Å². The highest BCUT2D eigenvalue weighted by Crippen LogP contribution is 2.33. The molecule has 0 aliphatic carbocycles. The van der Waals surface area contributed by atoms with Crippen LogP contribution in [0.5, 0.6) is 5.75 Å². The molecule has 1 aromatic heterocycles. The SMILES string of the molecule is COc1ccc(N2C[C@@H](C)N(S(=O)(=O)c3ccc4scc(CC(=O)O)c4c3)[C@@H](C)C2)cc1. The monoisotopic (exact) mass is 474 g/mol. The number of nitrogens with zero attached hydrogens (tertiary/aromatic N) is 2. The van der Waals surface area contributed by atoms with E-state index in [2.05, 4.69) is 4.90 Å². The lowest BCUT2D eigenvalue weighted by atomic mass is 10.1. The first kappa shape index (κ1) is 22.6. The number of aliphatic carboxylic acids is 1. The maximum absolute atomic E-state index is 13.6. The molecule has 2 atom stereocenters. The molecule has 170 valence electrons. The molecule has 2 aromatic carbocycles. The number of rotatable bonds is 6. The van der Waals surface area contributed by atoms with Crippen molar-refractivity contribution in [3.05, 3.63) is 53.4 Å². The van der Waals surface area contributed by atoms with Crippen LogP contribution in [0, 0.1) is 0 Å². The van der Waals surface area contributed by atoms with Crippen molar-refractivity contribution >= 4 is 43.1 Å². The molecule has 1 saturated heterocycles. The fraction of sp³-hybridized carbons (Fsp3) is 0.348. The summed E-state index contributed by atoms with van der Waals surface area (Å²) in [6.45, 7) is 4.98. The third-order valence-corrected chi connectivity index (χ3v) is 8.95. The number of carbonyl (C=O) groups is 1. The minimum Gasteiger partial charge on any atom is -0.497 e. The molecule has 0 radical (unpaired) electrons. The Balaban J connectivity index is 1.61. The molecule has 9 heteroatoms. The fourth-order valence-corrected chi connectivity index (χ4v) is 7.20. The van der Waals surface area contributed by atoms with Crippen LogP contribution in [0.1, 0.15) is 19.4 Å². The molecule has 4 rings (SSSR count). The molecular formula is C23H26N2O5S2. The third-order valence-electron chi connectivity index (χ3n) is 5.82. The number of anilines is 1. The molecule has 0 amide bonds. The molecule has 0 saturated carbocycles. The summed E-state index contributed by atoms with van der Waals surface area (Å²) in [5.74, 6) is -0.156. The standard InChI is InChI=1S/C23H26N2O5S2/c1-15-12-24(18-4-6-19(30-3)7-5-18)13-16(2)25(15)32(28,29)20-8-9-22-21(11-20)17(14-31-22)10-23(26)27/h4-9,11,14-16H,10,12-13H2,1-3H3,(H,26,27)/t15-,16+. The lowest BCUT2D eigenvalue weighted by molar-refractivity contribution is -0.136. The zero-order valence-corrected chi connectivity index (χ0v) is 19.8. The third kappa shape index (κ3) is 4.20. The molecule has 3 aromatic rings. The number of methoxy groups -OCH3 is 1. The van der Waals surface area contributed by atoms with Gasteiger partial charge in [0.05, 0.1) is 18.4 Å². The predicted octanol–water partition coefficient (Wildman–Crippen LogP) is 3.82. The number of thiophene rings is 1. The molecule has 0 spiro atoms. The first-order valence-electron chi connectivity index (χ1n) is 10.3. The predicted molar refractivity (Wildman–Crippen MR) is 126 cm³/mol. The van der Waals surface area contributed by atoms with Crippen molar-refractivity contribution < 1.29 is 23.1 Å². The summed E-state index contributed by atoms with van der Waals surface area (Å²) in [5, 5.41) is 11.6. The van der Waals surface area contributed by atoms with Crippen molar-refractivity contribution in [2.75, 3.05) is 25.1 Å². The normalized spacial score (nSPS) is 19.9. The van der Waals surface area contributed by atoms with Gasteiger partial charge < -0.3 is 14.7 Å². The summed E-state index contributed by atoms with van der Waals surface area (Å²) in [4.78, 5) is 13.6. The van der Waals surface area contributed by atoms with Crippen LogP contribution >= 0.6 is 11.3 Å². The second kappa shape index (κ2) is 8.73. The number of carboxylic acids is 1. The highest BCUT2D eigenvalue weighted by Gasteiger charge is 2.38. The van der Waals surface area contributed by atoms with E-state index in [0.717, 1.165) is 16.1 Å². The van der Waals surface area contributed by atoms with Gasteiger partial charge in [-0.05, 0) is 72.6 Å². The van der Waals surface area contributed by atoms with Crippen LogP contribution in [0.15, 0.2) is 52.7 Å². The Labute approximate surface area is 191 Å². The molecule has 0 bridgehead atoms. The number of carboxylic acid groups (broad SMARTS) is 1. The Morgan fingerprint density at radius 2 is 1.78 bits per heavy atom. The minimum absolute atomic E-state index is 0.128. The van der Waals surface area contributed by atoms with E-state index in [1.165, 1.54) is 11.3 Å². The van der Waals surface area contributed by atoms with Crippen LogP contribution < -0.4 is 9.64 Å². The van der Waals surface area contributed by atoms with Gasteiger partial charge >= 0.3 is 5.97 Å². The molecule has 1 fully saturated rings. The topological polar surface area (TPSA) is 87.2 Å². The van der Waals surface area contributed by atoms with Crippen molar-refractivity contribution in [1.29, 1.82) is 0 Å². The van der Waals surface area contributed by atoms with E-state index in [1.54, 1.807) is 35.0 Å². The zero-order chi connectivity index (χ0) is 23.0. The maximum Gasteiger partial charge on any atom is 0.307 e. The van der Waals surface area contributed by atoms with Crippen LogP contribution in [-0.2, 0) is 21.2 Å². The number of hydrogen-bond donors (Lipinski definition) is 1. The Kier molecular flexibility index (Phi) is 6.15. The number of hydrogen-bond acceptors (Lipinski definition) is 6. The van der Waals surface area contributed by atoms with Gasteiger partial charge in [0.2, 0.25) is 10.0 Å². The van der Waals surface area contributed by atoms with E-state index in [4.69, 9.17) is 9.84 Å². The second-order valence-electron chi connectivity index (χ2n) is 8.13. The molecule has 2 heterocycles. The van der Waals surface area contributed by atoms with Crippen LogP contribution in [0.25, 0.3) is 10.1 Å². The Morgan fingerprint density at radius 3 is 2.38 bits per heavy atom. The molecule has 1 aliphatic rings. The minimum atomic E-state index is -3.75. The molecule has 0 unspecified atom stereocenters. The summed E-state index contributed by atoms with van der Waals surface area (Å²) < 4.78 is 34.9. The van der Waals surface area contributed by atoms with Crippen molar-refractivity contribution in [1.82, 2.24) is 4.31 Å². The van der Waals surface area contributed by atoms with Crippen molar-refractivity contribution in [3.8, 4) is 5.75 Å². The van der Waals surface area contributed by atoms with E-state index in [-0.39, 0.29) is 23.4 Å². The fourth-order valence-electron chi connectivity index (χ4n) is 4.43. The van der Waals surface area contributed by atoms with Gasteiger partial charge in [-0.3, -0.25) is 4.79 Å². The summed E-state index contributed by atoms with van der Waals surface area (Å²) in [7, 11) is -2.12. The van der Waals surface area contributed by atoms with Crippen LogP contribution in [0.4, 0.5) is 5.69 Å². The van der Waals surface area contributed by atoms with Gasteiger partial charge in [0.25, 0.3) is 0 Å². The van der Waals surface area contributed by atoms with Gasteiger partial charge in [0.15, 0.2) is 0 Å². The first-order valence-corrected chi connectivity index (χ1v) is 12.7. The average molecular weight is 475 g/mol. The quantitative estimate of drug-likeness (QED) is 0.584. The van der Waals surface area contributed by atoms with Gasteiger partial charge in [-0.1, -0.05) is 0 Å². The number of sulfonamides is 1. The molecule has 32 heavy (non-hydrogen) atoms. The number of fused-ring (bicyclic) bond motifs is 1. The number of piperazine rings is 1. The number of benzene rings is 2.